The first-order valence-corrected chi connectivity index (χ1v) is 11.8. The van der Waals surface area contributed by atoms with E-state index in [2.05, 4.69) is 4.98 Å². The van der Waals surface area contributed by atoms with Crippen LogP contribution in [0.5, 0.6) is 0 Å². The second-order valence-corrected chi connectivity index (χ2v) is 10.2. The van der Waals surface area contributed by atoms with Gasteiger partial charge in [-0.2, -0.15) is 13.2 Å². The van der Waals surface area contributed by atoms with Crippen molar-refractivity contribution in [2.24, 2.45) is 0 Å². The fourth-order valence-corrected chi connectivity index (χ4v) is 4.42. The maximum absolute atomic E-state index is 13.3. The predicted octanol–water partition coefficient (Wildman–Crippen LogP) is 6.33. The number of benzene rings is 2. The molecule has 0 radical (unpaired) electrons. The Balaban J connectivity index is 1.87. The second-order valence-electron chi connectivity index (χ2n) is 10.2. The average Bonchev–Trinajstić information content (AvgIpc) is 3.08. The van der Waals surface area contributed by atoms with E-state index in [1.807, 2.05) is 32.9 Å². The van der Waals surface area contributed by atoms with Crippen molar-refractivity contribution in [3.05, 3.63) is 106 Å². The van der Waals surface area contributed by atoms with Crippen LogP contribution in [-0.2, 0) is 27.7 Å². The van der Waals surface area contributed by atoms with Crippen molar-refractivity contribution >= 4 is 17.4 Å². The number of pyridine rings is 1. The Morgan fingerprint density at radius 1 is 0.973 bits per heavy atom. The number of hydrogen-bond donors (Lipinski definition) is 1. The summed E-state index contributed by atoms with van der Waals surface area (Å²) in [4.78, 5) is 32.0. The number of hydrogen-bond acceptors (Lipinski definition) is 4. The van der Waals surface area contributed by atoms with Crippen molar-refractivity contribution in [3.63, 3.8) is 0 Å². The summed E-state index contributed by atoms with van der Waals surface area (Å²) in [5.41, 5.74) is 1.31. The van der Waals surface area contributed by atoms with Crippen LogP contribution in [0.15, 0.2) is 72.4 Å². The van der Waals surface area contributed by atoms with E-state index in [9.17, 15) is 27.9 Å². The Bertz CT molecular complexity index is 1390. The van der Waals surface area contributed by atoms with E-state index in [-0.39, 0.29) is 28.9 Å². The van der Waals surface area contributed by atoms with Crippen LogP contribution in [0.3, 0.4) is 0 Å². The van der Waals surface area contributed by atoms with E-state index < -0.39 is 29.5 Å². The zero-order valence-electron chi connectivity index (χ0n) is 20.9. The molecular formula is C29H27F3N2O3. The largest absolute Gasteiger partial charge is 0.507 e. The Morgan fingerprint density at radius 2 is 1.70 bits per heavy atom. The minimum atomic E-state index is -4.56. The third-order valence-electron chi connectivity index (χ3n) is 6.47. The van der Waals surface area contributed by atoms with E-state index >= 15 is 0 Å². The number of carbonyl (C=O) groups is 2. The summed E-state index contributed by atoms with van der Waals surface area (Å²) in [5.74, 6) is -2.18. The topological polar surface area (TPSA) is 70.5 Å². The summed E-state index contributed by atoms with van der Waals surface area (Å²) >= 11 is 0. The quantitative estimate of drug-likeness (QED) is 0.254. The van der Waals surface area contributed by atoms with Crippen LogP contribution < -0.4 is 0 Å². The van der Waals surface area contributed by atoms with Gasteiger partial charge in [-0.15, -0.1) is 0 Å². The SMILES string of the molecule is Cc1ccc(C(C)(C)C)cc1/C(O)=C1\C(=O)C(=O)N(Cc2cccc(C(F)(F)F)c2)C1c1ccccn1. The van der Waals surface area contributed by atoms with Crippen LogP contribution in [0, 0.1) is 6.92 Å². The fourth-order valence-electron chi connectivity index (χ4n) is 4.42. The number of aliphatic hydroxyl groups is 1. The summed E-state index contributed by atoms with van der Waals surface area (Å²) in [5, 5.41) is 11.4. The number of alkyl halides is 3. The molecule has 0 saturated carbocycles. The maximum Gasteiger partial charge on any atom is 0.416 e. The monoisotopic (exact) mass is 508 g/mol. The number of rotatable bonds is 4. The molecule has 2 heterocycles. The van der Waals surface area contributed by atoms with E-state index in [1.54, 1.807) is 31.2 Å². The van der Waals surface area contributed by atoms with Gasteiger partial charge in [0.05, 0.1) is 16.8 Å². The number of halogens is 3. The molecule has 0 bridgehead atoms. The van der Waals surface area contributed by atoms with Crippen LogP contribution in [0.1, 0.15) is 60.3 Å². The molecule has 0 aliphatic carbocycles. The summed E-state index contributed by atoms with van der Waals surface area (Å²) in [6, 6.07) is 14.1. The lowest BCUT2D eigenvalue weighted by Crippen LogP contribution is -2.29. The van der Waals surface area contributed by atoms with Gasteiger partial charge in [0.2, 0.25) is 0 Å². The second kappa shape index (κ2) is 9.50. The molecular weight excluding hydrogens is 481 g/mol. The molecule has 1 aromatic heterocycles. The molecule has 1 unspecified atom stereocenters. The number of carbonyl (C=O) groups excluding carboxylic acids is 2. The Morgan fingerprint density at radius 3 is 2.32 bits per heavy atom. The Hall–Kier alpha value is -3.94. The van der Waals surface area contributed by atoms with Crippen LogP contribution >= 0.6 is 0 Å². The highest BCUT2D eigenvalue weighted by Crippen LogP contribution is 2.41. The number of amides is 1. The van der Waals surface area contributed by atoms with Gasteiger partial charge in [-0.3, -0.25) is 14.6 Å². The summed E-state index contributed by atoms with van der Waals surface area (Å²) < 4.78 is 39.9. The minimum Gasteiger partial charge on any atom is -0.507 e. The van der Waals surface area contributed by atoms with Crippen LogP contribution in [0.25, 0.3) is 5.76 Å². The first-order chi connectivity index (χ1) is 17.3. The smallest absolute Gasteiger partial charge is 0.416 e. The van der Waals surface area contributed by atoms with Crippen LogP contribution in [0.4, 0.5) is 13.2 Å². The van der Waals surface area contributed by atoms with Gasteiger partial charge in [-0.25, -0.2) is 0 Å². The number of ketones is 1. The molecule has 1 amide bonds. The van der Waals surface area contributed by atoms with Crippen LogP contribution in [0.2, 0.25) is 0 Å². The van der Waals surface area contributed by atoms with Gasteiger partial charge in [0, 0.05) is 18.3 Å². The molecule has 8 heteroatoms. The molecule has 192 valence electrons. The van der Waals surface area contributed by atoms with Gasteiger partial charge in [0.25, 0.3) is 11.7 Å². The lowest BCUT2D eigenvalue weighted by atomic mass is 9.84. The van der Waals surface area contributed by atoms with Crippen molar-refractivity contribution in [2.75, 3.05) is 0 Å². The van der Waals surface area contributed by atoms with Crippen molar-refractivity contribution in [1.29, 1.82) is 0 Å². The van der Waals surface area contributed by atoms with Gasteiger partial charge in [-0.05, 0) is 59.4 Å². The Kier molecular flexibility index (Phi) is 6.71. The number of nitrogens with zero attached hydrogens (tertiary/aromatic N) is 2. The highest BCUT2D eigenvalue weighted by atomic mass is 19.4. The Labute approximate surface area is 213 Å². The number of aliphatic hydroxyl groups excluding tert-OH is 1. The first kappa shape index (κ1) is 26.1. The fraction of sp³-hybridized carbons (Fsp3) is 0.276. The van der Waals surface area contributed by atoms with Crippen molar-refractivity contribution < 1.29 is 27.9 Å². The van der Waals surface area contributed by atoms with E-state index in [1.165, 1.54) is 18.3 Å². The van der Waals surface area contributed by atoms with E-state index in [0.29, 0.717) is 16.8 Å². The zero-order chi connectivity index (χ0) is 27.1. The molecule has 4 rings (SSSR count). The maximum atomic E-state index is 13.3. The number of likely N-dealkylation sites (tertiary alicyclic amines) is 1. The van der Waals surface area contributed by atoms with Crippen molar-refractivity contribution in [3.8, 4) is 0 Å². The summed E-state index contributed by atoms with van der Waals surface area (Å²) in [6.07, 6.45) is -3.06. The number of aryl methyl sites for hydroxylation is 1. The standard InChI is InChI=1S/C29H27F3N2O3/c1-17-11-12-19(28(2,3)4)15-21(17)25(35)23-24(22-10-5-6-13-33-22)34(27(37)26(23)36)16-18-8-7-9-20(14-18)29(30,31)32/h5-15,24,35H,16H2,1-4H3/b25-23+. The third-order valence-corrected chi connectivity index (χ3v) is 6.47. The number of aromatic nitrogens is 1. The van der Waals surface area contributed by atoms with Crippen LogP contribution in [-0.4, -0.2) is 26.7 Å². The van der Waals surface area contributed by atoms with Gasteiger partial charge in [-0.1, -0.05) is 51.1 Å². The molecule has 1 N–H and O–H groups in total. The minimum absolute atomic E-state index is 0.148. The van der Waals surface area contributed by atoms with Gasteiger partial charge in [0.1, 0.15) is 11.8 Å². The number of Topliss-reactive ketones (excluding diaryl/α,β-unsaturated/α-hetero) is 1. The molecule has 0 spiro atoms. The molecule has 3 aromatic rings. The molecule has 1 atom stereocenters. The summed E-state index contributed by atoms with van der Waals surface area (Å²) in [6.45, 7) is 7.57. The molecule has 1 saturated heterocycles. The molecule has 1 fully saturated rings. The summed E-state index contributed by atoms with van der Waals surface area (Å²) in [7, 11) is 0. The van der Waals surface area contributed by atoms with Gasteiger partial charge >= 0.3 is 6.18 Å². The molecule has 5 nitrogen and oxygen atoms in total. The highest BCUT2D eigenvalue weighted by Gasteiger charge is 2.47. The third kappa shape index (κ3) is 5.14. The molecule has 2 aromatic carbocycles. The molecule has 1 aliphatic rings. The van der Waals surface area contributed by atoms with Crippen molar-refractivity contribution in [1.82, 2.24) is 9.88 Å². The van der Waals surface area contributed by atoms with E-state index in [0.717, 1.165) is 22.6 Å². The zero-order valence-corrected chi connectivity index (χ0v) is 20.9. The predicted molar refractivity (Wildman–Crippen MR) is 133 cm³/mol. The molecule has 1 aliphatic heterocycles. The lowest BCUT2D eigenvalue weighted by Gasteiger charge is -2.25. The average molecular weight is 509 g/mol. The van der Waals surface area contributed by atoms with Gasteiger partial charge in [0.15, 0.2) is 0 Å². The van der Waals surface area contributed by atoms with Gasteiger partial charge < -0.3 is 10.0 Å². The van der Waals surface area contributed by atoms with Crippen molar-refractivity contribution in [2.45, 2.75) is 51.9 Å². The molecule has 37 heavy (non-hydrogen) atoms. The van der Waals surface area contributed by atoms with E-state index in [4.69, 9.17) is 0 Å². The highest BCUT2D eigenvalue weighted by molar-refractivity contribution is 6.46. The first-order valence-electron chi connectivity index (χ1n) is 11.8. The normalized spacial score (nSPS) is 17.9. The lowest BCUT2D eigenvalue weighted by molar-refractivity contribution is -0.140.